The molecule has 3 N–H and O–H groups in total. The topological polar surface area (TPSA) is 109 Å². The lowest BCUT2D eigenvalue weighted by atomic mass is 9.96. The lowest BCUT2D eigenvalue weighted by Gasteiger charge is -2.21. The monoisotopic (exact) mass is 321 g/mol. The van der Waals surface area contributed by atoms with Crippen LogP contribution in [-0.4, -0.2) is 24.7 Å². The largest absolute Gasteiger partial charge is 0.382 e. The Morgan fingerprint density at radius 2 is 2.21 bits per heavy atom. The summed E-state index contributed by atoms with van der Waals surface area (Å²) in [6, 6.07) is 4.32. The fourth-order valence-electron chi connectivity index (χ4n) is 3.76. The van der Waals surface area contributed by atoms with Crippen LogP contribution in [0.5, 0.6) is 0 Å². The second kappa shape index (κ2) is 5.96. The maximum absolute atomic E-state index is 9.22. The Kier molecular flexibility index (Phi) is 3.65. The van der Waals surface area contributed by atoms with Crippen LogP contribution in [0.25, 0.3) is 22.3 Å². The Morgan fingerprint density at radius 3 is 3.00 bits per heavy atom. The summed E-state index contributed by atoms with van der Waals surface area (Å²) < 4.78 is 1.88. The summed E-state index contributed by atoms with van der Waals surface area (Å²) in [6.45, 7) is 0. The molecule has 0 amide bonds. The van der Waals surface area contributed by atoms with Crippen molar-refractivity contribution in [1.29, 1.82) is 5.26 Å². The third kappa shape index (κ3) is 2.40. The van der Waals surface area contributed by atoms with Gasteiger partial charge in [0, 0.05) is 17.8 Å². The minimum Gasteiger partial charge on any atom is -0.382 e. The third-order valence-electron chi connectivity index (χ3n) is 4.95. The van der Waals surface area contributed by atoms with Gasteiger partial charge in [-0.3, -0.25) is 4.68 Å². The number of aromatic nitrogens is 5. The standard InChI is InChI=1S/C17H19N7/c18-7-5-14(11-3-1-2-4-11)24-9-13(16(19)23-24)15-12-6-8-20-17(12)22-10-21-15/h6,8-11,14H,1-5H2,(H2,19,23)(H,20,21,22). The molecule has 24 heavy (non-hydrogen) atoms. The molecule has 122 valence electrons. The normalized spacial score (nSPS) is 16.5. The molecule has 1 fully saturated rings. The lowest BCUT2D eigenvalue weighted by Crippen LogP contribution is -2.17. The fourth-order valence-corrected chi connectivity index (χ4v) is 3.76. The Morgan fingerprint density at radius 1 is 1.38 bits per heavy atom. The molecule has 1 saturated carbocycles. The zero-order valence-electron chi connectivity index (χ0n) is 13.3. The molecule has 4 rings (SSSR count). The first kappa shape index (κ1) is 14.7. The highest BCUT2D eigenvalue weighted by Gasteiger charge is 2.28. The van der Waals surface area contributed by atoms with Crippen molar-refractivity contribution in [2.24, 2.45) is 5.92 Å². The van der Waals surface area contributed by atoms with E-state index in [1.54, 1.807) is 0 Å². The molecule has 3 aromatic rings. The molecule has 7 heteroatoms. The van der Waals surface area contributed by atoms with Gasteiger partial charge in [0.15, 0.2) is 5.82 Å². The molecule has 0 bridgehead atoms. The molecule has 1 aliphatic rings. The SMILES string of the molecule is N#CCC(C1CCCC1)n1cc(-c2ncnc3[nH]ccc23)c(N)n1. The van der Waals surface area contributed by atoms with Gasteiger partial charge in [-0.05, 0) is 24.8 Å². The Balaban J connectivity index is 1.76. The molecule has 0 saturated heterocycles. The van der Waals surface area contributed by atoms with Gasteiger partial charge in [-0.1, -0.05) is 12.8 Å². The Bertz CT molecular complexity index is 895. The van der Waals surface area contributed by atoms with E-state index in [-0.39, 0.29) is 6.04 Å². The van der Waals surface area contributed by atoms with Crippen molar-refractivity contribution in [3.63, 3.8) is 0 Å². The van der Waals surface area contributed by atoms with Gasteiger partial charge in [-0.25, -0.2) is 9.97 Å². The quantitative estimate of drug-likeness (QED) is 0.767. The van der Waals surface area contributed by atoms with Crippen LogP contribution in [0, 0.1) is 17.2 Å². The lowest BCUT2D eigenvalue weighted by molar-refractivity contribution is 0.315. The van der Waals surface area contributed by atoms with Crippen LogP contribution >= 0.6 is 0 Å². The van der Waals surface area contributed by atoms with Gasteiger partial charge >= 0.3 is 0 Å². The van der Waals surface area contributed by atoms with Crippen molar-refractivity contribution in [2.75, 3.05) is 5.73 Å². The molecule has 0 aromatic carbocycles. The first-order valence-corrected chi connectivity index (χ1v) is 8.28. The molecule has 0 spiro atoms. The zero-order chi connectivity index (χ0) is 16.5. The first-order chi connectivity index (χ1) is 11.8. The summed E-state index contributed by atoms with van der Waals surface area (Å²) in [5.74, 6) is 0.937. The third-order valence-corrected chi connectivity index (χ3v) is 4.95. The van der Waals surface area contributed by atoms with E-state index >= 15 is 0 Å². The highest BCUT2D eigenvalue weighted by atomic mass is 15.3. The van der Waals surface area contributed by atoms with Crippen molar-refractivity contribution < 1.29 is 0 Å². The number of aromatic amines is 1. The summed E-state index contributed by atoms with van der Waals surface area (Å²) in [5.41, 5.74) is 8.52. The number of fused-ring (bicyclic) bond motifs is 1. The molecule has 0 radical (unpaired) electrons. The number of anilines is 1. The average Bonchev–Trinajstić information content (AvgIpc) is 3.32. The van der Waals surface area contributed by atoms with E-state index in [2.05, 4.69) is 26.1 Å². The first-order valence-electron chi connectivity index (χ1n) is 8.28. The van der Waals surface area contributed by atoms with Gasteiger partial charge < -0.3 is 10.7 Å². The summed E-state index contributed by atoms with van der Waals surface area (Å²) in [4.78, 5) is 11.7. The minimum atomic E-state index is 0.0807. The maximum Gasteiger partial charge on any atom is 0.154 e. The second-order valence-corrected chi connectivity index (χ2v) is 6.34. The van der Waals surface area contributed by atoms with Gasteiger partial charge in [0.25, 0.3) is 0 Å². The van der Waals surface area contributed by atoms with Crippen molar-refractivity contribution in [3.8, 4) is 17.3 Å². The minimum absolute atomic E-state index is 0.0807. The van der Waals surface area contributed by atoms with Crippen LogP contribution in [0.15, 0.2) is 24.8 Å². The van der Waals surface area contributed by atoms with E-state index < -0.39 is 0 Å². The molecule has 7 nitrogen and oxygen atoms in total. The van der Waals surface area contributed by atoms with Gasteiger partial charge in [0.1, 0.15) is 12.0 Å². The molecular weight excluding hydrogens is 302 g/mol. The summed E-state index contributed by atoms with van der Waals surface area (Å²) in [6.07, 6.45) is 10.5. The molecule has 3 aromatic heterocycles. The fraction of sp³-hybridized carbons (Fsp3) is 0.412. The molecule has 1 aliphatic carbocycles. The highest BCUT2D eigenvalue weighted by molar-refractivity contribution is 5.92. The van der Waals surface area contributed by atoms with Crippen LogP contribution in [0.4, 0.5) is 5.82 Å². The Labute approximate surface area is 139 Å². The zero-order valence-corrected chi connectivity index (χ0v) is 13.3. The number of nitriles is 1. The van der Waals surface area contributed by atoms with Gasteiger partial charge in [-0.2, -0.15) is 10.4 Å². The van der Waals surface area contributed by atoms with E-state index in [0.717, 1.165) is 35.1 Å². The maximum atomic E-state index is 9.22. The van der Waals surface area contributed by atoms with Gasteiger partial charge in [0.2, 0.25) is 0 Å². The van der Waals surface area contributed by atoms with Crippen LogP contribution in [0.3, 0.4) is 0 Å². The molecular formula is C17H19N7. The Hall–Kier alpha value is -2.88. The summed E-state index contributed by atoms with van der Waals surface area (Å²) in [7, 11) is 0. The molecule has 3 heterocycles. The second-order valence-electron chi connectivity index (χ2n) is 6.34. The van der Waals surface area contributed by atoms with Crippen molar-refractivity contribution in [2.45, 2.75) is 38.1 Å². The van der Waals surface area contributed by atoms with Gasteiger partial charge in [0.05, 0.1) is 29.8 Å². The molecule has 1 atom stereocenters. The summed E-state index contributed by atoms with van der Waals surface area (Å²) in [5, 5.41) is 14.7. The van der Waals surface area contributed by atoms with Crippen molar-refractivity contribution >= 4 is 16.9 Å². The van der Waals surface area contributed by atoms with Crippen LogP contribution in [0.2, 0.25) is 0 Å². The van der Waals surface area contributed by atoms with Crippen LogP contribution in [0.1, 0.15) is 38.1 Å². The molecule has 0 aliphatic heterocycles. The van der Waals surface area contributed by atoms with E-state index in [4.69, 9.17) is 5.73 Å². The number of nitrogens with two attached hydrogens (primary N) is 1. The molecule has 1 unspecified atom stereocenters. The predicted molar refractivity (Wildman–Crippen MR) is 90.7 cm³/mol. The number of nitrogens with one attached hydrogen (secondary N) is 1. The smallest absolute Gasteiger partial charge is 0.154 e. The van der Waals surface area contributed by atoms with Crippen LogP contribution < -0.4 is 5.73 Å². The number of hydrogen-bond acceptors (Lipinski definition) is 5. The number of nitrogen functional groups attached to an aromatic ring is 1. The highest BCUT2D eigenvalue weighted by Crippen LogP contribution is 2.37. The van der Waals surface area contributed by atoms with Crippen molar-refractivity contribution in [3.05, 3.63) is 24.8 Å². The number of rotatable bonds is 4. The van der Waals surface area contributed by atoms with E-state index in [0.29, 0.717) is 18.2 Å². The van der Waals surface area contributed by atoms with E-state index in [9.17, 15) is 5.26 Å². The summed E-state index contributed by atoms with van der Waals surface area (Å²) >= 11 is 0. The van der Waals surface area contributed by atoms with Gasteiger partial charge in [-0.15, -0.1) is 0 Å². The van der Waals surface area contributed by atoms with E-state index in [1.807, 2.05) is 23.1 Å². The average molecular weight is 321 g/mol. The van der Waals surface area contributed by atoms with Crippen LogP contribution in [-0.2, 0) is 0 Å². The predicted octanol–water partition coefficient (Wildman–Crippen LogP) is 3.05. The van der Waals surface area contributed by atoms with E-state index in [1.165, 1.54) is 19.2 Å². The van der Waals surface area contributed by atoms with Crippen molar-refractivity contribution in [1.82, 2.24) is 24.7 Å². The number of H-pyrrole nitrogens is 1. The number of hydrogen-bond donors (Lipinski definition) is 2. The number of nitrogens with zero attached hydrogens (tertiary/aromatic N) is 5.